The molecule has 0 heterocycles. The summed E-state index contributed by atoms with van der Waals surface area (Å²) in [5.41, 5.74) is 0. The fourth-order valence-electron chi connectivity index (χ4n) is 3.23. The Morgan fingerprint density at radius 3 is 1.11 bits per heavy atom. The van der Waals surface area contributed by atoms with Crippen molar-refractivity contribution in [3.63, 3.8) is 0 Å². The summed E-state index contributed by atoms with van der Waals surface area (Å²) in [6, 6.07) is 24.3. The second-order valence-electron chi connectivity index (χ2n) is 5.97. The summed E-state index contributed by atoms with van der Waals surface area (Å²) in [4.78, 5) is 0. The second-order valence-corrected chi connectivity index (χ2v) is 13.7. The topological polar surface area (TPSA) is 0 Å². The number of alkyl halides is 3. The van der Waals surface area contributed by atoms with E-state index < -0.39 is 29.9 Å². The summed E-state index contributed by atoms with van der Waals surface area (Å²) < 4.78 is 68.7. The van der Waals surface area contributed by atoms with Crippen LogP contribution >= 0.6 is 0 Å². The van der Waals surface area contributed by atoms with Crippen LogP contribution in [0.25, 0.3) is 0 Å². The Hall–Kier alpha value is -2.41. The Morgan fingerprint density at radius 2 is 0.852 bits per heavy atom. The van der Waals surface area contributed by atoms with Gasteiger partial charge in [-0.3, -0.25) is 0 Å². The van der Waals surface area contributed by atoms with Crippen LogP contribution in [0.5, 0.6) is 0 Å². The monoisotopic (exact) mass is 436 g/mol. The van der Waals surface area contributed by atoms with Crippen molar-refractivity contribution in [2.45, 2.75) is 6.18 Å². The SMILES string of the molecule is F/C(=[C](\F)[Ge]([c]1ccccc1)([c]1ccccc1)[c]1ccccc1)C(F)(F)F. The van der Waals surface area contributed by atoms with Gasteiger partial charge in [-0.1, -0.05) is 0 Å². The van der Waals surface area contributed by atoms with Crippen LogP contribution in [0, 0.1) is 0 Å². The van der Waals surface area contributed by atoms with E-state index in [0.717, 1.165) is 0 Å². The van der Waals surface area contributed by atoms with Gasteiger partial charge in [0.1, 0.15) is 0 Å². The molecule has 0 aliphatic rings. The third-order valence-electron chi connectivity index (χ3n) is 4.39. The van der Waals surface area contributed by atoms with Crippen LogP contribution in [0.2, 0.25) is 0 Å². The molecule has 0 aliphatic heterocycles. The third kappa shape index (κ3) is 3.56. The molecule has 0 radical (unpaired) electrons. The number of halogens is 5. The Kier molecular flexibility index (Phi) is 5.51. The van der Waals surface area contributed by atoms with E-state index in [9.17, 15) is 17.6 Å². The van der Waals surface area contributed by atoms with Crippen LogP contribution < -0.4 is 13.2 Å². The van der Waals surface area contributed by atoms with E-state index in [1.807, 2.05) is 0 Å². The summed E-state index contributed by atoms with van der Waals surface area (Å²) in [5, 5.41) is 0. The molecular weight excluding hydrogens is 420 g/mol. The van der Waals surface area contributed by atoms with Gasteiger partial charge in [-0.05, 0) is 0 Å². The van der Waals surface area contributed by atoms with Crippen LogP contribution in [0.4, 0.5) is 22.0 Å². The van der Waals surface area contributed by atoms with Crippen LogP contribution in [-0.2, 0) is 0 Å². The van der Waals surface area contributed by atoms with E-state index in [1.54, 1.807) is 91.0 Å². The van der Waals surface area contributed by atoms with Crippen molar-refractivity contribution in [3.05, 3.63) is 101 Å². The van der Waals surface area contributed by atoms with Crippen molar-refractivity contribution in [2.24, 2.45) is 0 Å². The normalized spacial score (nSPS) is 13.2. The molecule has 0 saturated carbocycles. The van der Waals surface area contributed by atoms with Gasteiger partial charge in [0.15, 0.2) is 0 Å². The van der Waals surface area contributed by atoms with Gasteiger partial charge in [0.2, 0.25) is 0 Å². The predicted molar refractivity (Wildman–Crippen MR) is 99.3 cm³/mol. The molecule has 0 unspecified atom stereocenters. The third-order valence-corrected chi connectivity index (χ3v) is 13.8. The van der Waals surface area contributed by atoms with Gasteiger partial charge >= 0.3 is 156 Å². The fraction of sp³-hybridized carbons (Fsp3) is 0.0476. The average Bonchev–Trinajstić information content (AvgIpc) is 2.70. The number of rotatable bonds is 4. The van der Waals surface area contributed by atoms with Gasteiger partial charge < -0.3 is 0 Å². The van der Waals surface area contributed by atoms with Gasteiger partial charge in [0.05, 0.1) is 0 Å². The quantitative estimate of drug-likeness (QED) is 0.421. The standard InChI is InChI=1S/C21H15F5Ge/c22-19(21(24,25)26)20(23)27(16-10-4-1-5-11-16,17-12-6-2-7-13-17)18-14-8-3-9-15-18/h1-15H/b20-19+. The van der Waals surface area contributed by atoms with Crippen molar-refractivity contribution in [1.82, 2.24) is 0 Å². The molecule has 0 aliphatic carbocycles. The van der Waals surface area contributed by atoms with Crippen LogP contribution in [-0.4, -0.2) is 19.4 Å². The molecule has 3 rings (SSSR count). The summed E-state index contributed by atoms with van der Waals surface area (Å²) in [6.07, 6.45) is -5.39. The number of benzene rings is 3. The van der Waals surface area contributed by atoms with Crippen molar-refractivity contribution in [2.75, 3.05) is 0 Å². The molecule has 6 heteroatoms. The number of allylic oxidation sites excluding steroid dienone is 1. The Balaban J connectivity index is 2.48. The molecule has 0 fully saturated rings. The molecule has 138 valence electrons. The molecular formula is C21H15F5Ge. The van der Waals surface area contributed by atoms with Gasteiger partial charge in [0, 0.05) is 0 Å². The second kappa shape index (κ2) is 7.68. The Morgan fingerprint density at radius 1 is 0.556 bits per heavy atom. The maximum absolute atomic E-state index is 15.5. The van der Waals surface area contributed by atoms with Gasteiger partial charge in [-0.15, -0.1) is 0 Å². The van der Waals surface area contributed by atoms with E-state index in [4.69, 9.17) is 0 Å². The van der Waals surface area contributed by atoms with Crippen molar-refractivity contribution >= 4 is 26.5 Å². The first-order chi connectivity index (χ1) is 12.9. The van der Waals surface area contributed by atoms with E-state index >= 15 is 4.39 Å². The zero-order chi connectivity index (χ0) is 19.5. The first-order valence-corrected chi connectivity index (χ1v) is 12.4. The Bertz CT molecular complexity index is 822. The minimum absolute atomic E-state index is 0.381. The van der Waals surface area contributed by atoms with Crippen molar-refractivity contribution in [1.29, 1.82) is 0 Å². The van der Waals surface area contributed by atoms with Gasteiger partial charge in [-0.2, -0.15) is 0 Å². The van der Waals surface area contributed by atoms with Gasteiger partial charge in [-0.25, -0.2) is 0 Å². The van der Waals surface area contributed by atoms with E-state index in [2.05, 4.69) is 0 Å². The van der Waals surface area contributed by atoms with E-state index in [0.29, 0.717) is 13.2 Å². The molecule has 0 nitrogen and oxygen atoms in total. The first-order valence-electron chi connectivity index (χ1n) is 8.18. The van der Waals surface area contributed by atoms with E-state index in [-0.39, 0.29) is 0 Å². The molecule has 0 aromatic heterocycles. The summed E-state index contributed by atoms with van der Waals surface area (Å²) >= 11 is -4.79. The van der Waals surface area contributed by atoms with E-state index in [1.165, 1.54) is 0 Å². The molecule has 3 aromatic carbocycles. The van der Waals surface area contributed by atoms with Crippen LogP contribution in [0.15, 0.2) is 101 Å². The molecule has 0 spiro atoms. The van der Waals surface area contributed by atoms with Crippen molar-refractivity contribution in [3.8, 4) is 0 Å². The molecule has 27 heavy (non-hydrogen) atoms. The number of hydrogen-bond acceptors (Lipinski definition) is 0. The first kappa shape index (κ1) is 19.4. The minimum atomic E-state index is -5.39. The molecule has 0 bridgehead atoms. The molecule has 0 N–H and O–H groups in total. The summed E-state index contributed by atoms with van der Waals surface area (Å²) in [7, 11) is 0. The summed E-state index contributed by atoms with van der Waals surface area (Å²) in [5.74, 6) is -2.65. The fourth-order valence-corrected chi connectivity index (χ4v) is 12.3. The Labute approximate surface area is 156 Å². The zero-order valence-electron chi connectivity index (χ0n) is 14.1. The maximum atomic E-state index is 15.5. The summed E-state index contributed by atoms with van der Waals surface area (Å²) in [6.45, 7) is 0. The molecule has 0 amide bonds. The molecule has 0 saturated heterocycles. The molecule has 3 aromatic rings. The average molecular weight is 435 g/mol. The zero-order valence-corrected chi connectivity index (χ0v) is 16.1. The van der Waals surface area contributed by atoms with Crippen LogP contribution in [0.1, 0.15) is 0 Å². The van der Waals surface area contributed by atoms with Crippen LogP contribution in [0.3, 0.4) is 0 Å². The van der Waals surface area contributed by atoms with Gasteiger partial charge in [0.25, 0.3) is 0 Å². The molecule has 0 atom stereocenters. The number of hydrogen-bond donors (Lipinski definition) is 0. The predicted octanol–water partition coefficient (Wildman–Crippen LogP) is 4.41. The van der Waals surface area contributed by atoms with Crippen molar-refractivity contribution < 1.29 is 22.0 Å².